The summed E-state index contributed by atoms with van der Waals surface area (Å²) < 4.78 is 5.50. The van der Waals surface area contributed by atoms with Crippen molar-refractivity contribution in [3.05, 3.63) is 70.3 Å². The van der Waals surface area contributed by atoms with E-state index in [1.165, 1.54) is 0 Å². The number of piperazine rings is 1. The molecule has 0 unspecified atom stereocenters. The van der Waals surface area contributed by atoms with Gasteiger partial charge in [-0.05, 0) is 55.5 Å². The summed E-state index contributed by atoms with van der Waals surface area (Å²) in [6.45, 7) is 5.02. The van der Waals surface area contributed by atoms with Crippen LogP contribution in [-0.2, 0) is 0 Å². The number of ether oxygens (including phenoxy) is 1. The highest BCUT2D eigenvalue weighted by atomic mass is 35.5. The molecule has 1 amide bonds. The van der Waals surface area contributed by atoms with Crippen LogP contribution in [0.4, 0.5) is 5.95 Å². The molecule has 2 heterocycles. The Balaban J connectivity index is 1.43. The topological polar surface area (TPSA) is 58.6 Å². The summed E-state index contributed by atoms with van der Waals surface area (Å²) in [5.74, 6) is 1.42. The van der Waals surface area contributed by atoms with Crippen LogP contribution in [0.2, 0.25) is 10.0 Å². The molecule has 2 aromatic carbocycles. The van der Waals surface area contributed by atoms with Gasteiger partial charge < -0.3 is 14.5 Å². The third-order valence-electron chi connectivity index (χ3n) is 5.06. The lowest BCUT2D eigenvalue weighted by molar-refractivity contribution is 0.0746. The molecular formula is C23H22Cl2N4O2. The summed E-state index contributed by atoms with van der Waals surface area (Å²) in [4.78, 5) is 25.9. The van der Waals surface area contributed by atoms with Gasteiger partial charge in [-0.3, -0.25) is 4.79 Å². The molecule has 31 heavy (non-hydrogen) atoms. The highest BCUT2D eigenvalue weighted by molar-refractivity contribution is 6.35. The molecule has 3 aromatic rings. The fraction of sp³-hybridized carbons (Fsp3) is 0.261. The molecule has 0 bridgehead atoms. The van der Waals surface area contributed by atoms with E-state index in [0.717, 1.165) is 17.0 Å². The molecule has 0 saturated carbocycles. The summed E-state index contributed by atoms with van der Waals surface area (Å²) in [5, 5.41) is 0.906. The number of aromatic nitrogens is 2. The Morgan fingerprint density at radius 1 is 1.00 bits per heavy atom. The molecule has 1 aliphatic rings. The number of halogens is 2. The van der Waals surface area contributed by atoms with E-state index in [2.05, 4.69) is 9.88 Å². The number of anilines is 1. The van der Waals surface area contributed by atoms with E-state index in [-0.39, 0.29) is 5.91 Å². The largest absolute Gasteiger partial charge is 0.494 e. The zero-order valence-electron chi connectivity index (χ0n) is 17.1. The SMILES string of the molecule is CCOc1ccc(-c2ccnc(N3CCN(C(=O)c4cc(Cl)cc(Cl)c4)CC3)n2)cc1. The van der Waals surface area contributed by atoms with Crippen LogP contribution >= 0.6 is 23.2 Å². The third kappa shape index (κ3) is 5.09. The van der Waals surface area contributed by atoms with Crippen LogP contribution in [-0.4, -0.2) is 53.6 Å². The molecule has 0 aliphatic carbocycles. The molecule has 0 N–H and O–H groups in total. The standard InChI is InChI=1S/C23H22Cl2N4O2/c1-2-31-20-5-3-16(4-6-20)21-7-8-26-23(27-21)29-11-9-28(10-12-29)22(30)17-13-18(24)15-19(25)14-17/h3-8,13-15H,2,9-12H2,1H3. The number of carbonyl (C=O) groups excluding carboxylic acids is 1. The van der Waals surface area contributed by atoms with E-state index >= 15 is 0 Å². The van der Waals surface area contributed by atoms with Crippen molar-refractivity contribution in [1.82, 2.24) is 14.9 Å². The van der Waals surface area contributed by atoms with E-state index in [9.17, 15) is 4.79 Å². The summed E-state index contributed by atoms with van der Waals surface area (Å²) in [6, 6.07) is 14.7. The van der Waals surface area contributed by atoms with Gasteiger partial charge in [0.05, 0.1) is 12.3 Å². The monoisotopic (exact) mass is 456 g/mol. The Labute approximate surface area is 191 Å². The molecule has 1 saturated heterocycles. The Morgan fingerprint density at radius 3 is 2.32 bits per heavy atom. The van der Waals surface area contributed by atoms with E-state index in [4.69, 9.17) is 32.9 Å². The number of amides is 1. The van der Waals surface area contributed by atoms with E-state index in [1.54, 1.807) is 29.3 Å². The summed E-state index contributed by atoms with van der Waals surface area (Å²) >= 11 is 12.1. The van der Waals surface area contributed by atoms with Crippen molar-refractivity contribution in [3.63, 3.8) is 0 Å². The zero-order valence-corrected chi connectivity index (χ0v) is 18.6. The highest BCUT2D eigenvalue weighted by Gasteiger charge is 2.24. The van der Waals surface area contributed by atoms with Crippen molar-refractivity contribution in [2.45, 2.75) is 6.92 Å². The minimum absolute atomic E-state index is 0.0758. The number of carbonyl (C=O) groups is 1. The lowest BCUT2D eigenvalue weighted by Crippen LogP contribution is -2.49. The minimum Gasteiger partial charge on any atom is -0.494 e. The molecular weight excluding hydrogens is 435 g/mol. The molecule has 1 aliphatic heterocycles. The first-order valence-corrected chi connectivity index (χ1v) is 10.9. The van der Waals surface area contributed by atoms with Crippen molar-refractivity contribution in [2.24, 2.45) is 0 Å². The molecule has 0 radical (unpaired) electrons. The Bertz CT molecular complexity index is 1050. The molecule has 6 nitrogen and oxygen atoms in total. The van der Waals surface area contributed by atoms with Crippen molar-refractivity contribution in [2.75, 3.05) is 37.7 Å². The summed E-state index contributed by atoms with van der Waals surface area (Å²) in [6.07, 6.45) is 1.76. The van der Waals surface area contributed by atoms with Gasteiger partial charge in [0.2, 0.25) is 5.95 Å². The maximum Gasteiger partial charge on any atom is 0.254 e. The molecule has 4 rings (SSSR count). The molecule has 0 atom stereocenters. The van der Waals surface area contributed by atoms with Crippen molar-refractivity contribution in [3.8, 4) is 17.0 Å². The number of hydrogen-bond donors (Lipinski definition) is 0. The summed E-state index contributed by atoms with van der Waals surface area (Å²) in [5.41, 5.74) is 2.35. The van der Waals surface area contributed by atoms with Crippen LogP contribution in [0.5, 0.6) is 5.75 Å². The van der Waals surface area contributed by atoms with Crippen LogP contribution < -0.4 is 9.64 Å². The second kappa shape index (κ2) is 9.54. The quantitative estimate of drug-likeness (QED) is 0.551. The van der Waals surface area contributed by atoms with Gasteiger partial charge in [0.1, 0.15) is 5.75 Å². The van der Waals surface area contributed by atoms with Crippen LogP contribution in [0.25, 0.3) is 11.3 Å². The van der Waals surface area contributed by atoms with E-state index in [1.807, 2.05) is 37.3 Å². The maximum atomic E-state index is 12.8. The molecule has 8 heteroatoms. The molecule has 0 spiro atoms. The van der Waals surface area contributed by atoms with Crippen LogP contribution in [0, 0.1) is 0 Å². The van der Waals surface area contributed by atoms with Gasteiger partial charge in [0, 0.05) is 53.5 Å². The predicted molar refractivity (Wildman–Crippen MR) is 123 cm³/mol. The second-order valence-electron chi connectivity index (χ2n) is 7.14. The molecule has 160 valence electrons. The van der Waals surface area contributed by atoms with Gasteiger partial charge in [-0.25, -0.2) is 9.97 Å². The normalized spacial score (nSPS) is 13.9. The van der Waals surface area contributed by atoms with E-state index in [0.29, 0.717) is 54.3 Å². The first-order chi connectivity index (χ1) is 15.0. The van der Waals surface area contributed by atoms with Crippen molar-refractivity contribution >= 4 is 35.1 Å². The predicted octanol–water partition coefficient (Wildman–Crippen LogP) is 4.81. The van der Waals surface area contributed by atoms with Crippen LogP contribution in [0.15, 0.2) is 54.7 Å². The van der Waals surface area contributed by atoms with Gasteiger partial charge in [-0.2, -0.15) is 0 Å². The number of hydrogen-bond acceptors (Lipinski definition) is 5. The Morgan fingerprint density at radius 2 is 1.68 bits per heavy atom. The van der Waals surface area contributed by atoms with Gasteiger partial charge in [0.15, 0.2) is 0 Å². The van der Waals surface area contributed by atoms with Gasteiger partial charge in [0.25, 0.3) is 5.91 Å². The lowest BCUT2D eigenvalue weighted by Gasteiger charge is -2.35. The van der Waals surface area contributed by atoms with Crippen LogP contribution in [0.3, 0.4) is 0 Å². The average Bonchev–Trinajstić information content (AvgIpc) is 2.79. The van der Waals surface area contributed by atoms with E-state index < -0.39 is 0 Å². The van der Waals surface area contributed by atoms with Crippen molar-refractivity contribution < 1.29 is 9.53 Å². The first kappa shape index (κ1) is 21.4. The minimum atomic E-state index is -0.0758. The van der Waals surface area contributed by atoms with Gasteiger partial charge in [-0.15, -0.1) is 0 Å². The third-order valence-corrected chi connectivity index (χ3v) is 5.50. The van der Waals surface area contributed by atoms with Gasteiger partial charge in [-0.1, -0.05) is 23.2 Å². The maximum absolute atomic E-state index is 12.8. The second-order valence-corrected chi connectivity index (χ2v) is 8.01. The van der Waals surface area contributed by atoms with Gasteiger partial charge >= 0.3 is 0 Å². The number of nitrogens with zero attached hydrogens (tertiary/aromatic N) is 4. The fourth-order valence-corrected chi connectivity index (χ4v) is 4.05. The smallest absolute Gasteiger partial charge is 0.254 e. The highest BCUT2D eigenvalue weighted by Crippen LogP contribution is 2.24. The van der Waals surface area contributed by atoms with Crippen LogP contribution in [0.1, 0.15) is 17.3 Å². The Kier molecular flexibility index (Phi) is 6.59. The first-order valence-electron chi connectivity index (χ1n) is 10.1. The number of rotatable bonds is 5. The molecule has 1 aromatic heterocycles. The Hall–Kier alpha value is -2.83. The fourth-order valence-electron chi connectivity index (χ4n) is 3.52. The molecule has 1 fully saturated rings. The zero-order chi connectivity index (χ0) is 21.8. The lowest BCUT2D eigenvalue weighted by atomic mass is 10.1. The summed E-state index contributed by atoms with van der Waals surface area (Å²) in [7, 11) is 0. The van der Waals surface area contributed by atoms with Crippen molar-refractivity contribution in [1.29, 1.82) is 0 Å². The average molecular weight is 457 g/mol. The number of benzene rings is 2.